The zero-order chi connectivity index (χ0) is 13.0. The number of hydrogen-bond acceptors (Lipinski definition) is 2. The van der Waals surface area contributed by atoms with E-state index >= 15 is 0 Å². The number of hydrogen-bond donors (Lipinski definition) is 0. The summed E-state index contributed by atoms with van der Waals surface area (Å²) in [6.07, 6.45) is 1.74. The van der Waals surface area contributed by atoms with Gasteiger partial charge in [-0.25, -0.2) is 4.99 Å². The van der Waals surface area contributed by atoms with Crippen LogP contribution in [0, 0.1) is 13.8 Å². The van der Waals surface area contributed by atoms with Crippen LogP contribution in [0.25, 0.3) is 0 Å². The summed E-state index contributed by atoms with van der Waals surface area (Å²) < 4.78 is 0. The largest absolute Gasteiger partial charge is 0.293 e. The molecule has 0 atom stereocenters. The highest BCUT2D eigenvalue weighted by Gasteiger charge is 2.04. The molecule has 2 nitrogen and oxygen atoms in total. The summed E-state index contributed by atoms with van der Waals surface area (Å²) in [5.41, 5.74) is 4.88. The Labute approximate surface area is 103 Å². The lowest BCUT2D eigenvalue weighted by Crippen LogP contribution is -2.01. The Morgan fingerprint density at radius 2 is 1.65 bits per heavy atom. The van der Waals surface area contributed by atoms with E-state index in [9.17, 15) is 4.79 Å². The number of carbonyl (C=O) groups excluding carboxylic acids is 1. The maximum Gasteiger partial charge on any atom is 0.177 e. The van der Waals surface area contributed by atoms with Crippen molar-refractivity contribution >= 4 is 11.5 Å². The van der Waals surface area contributed by atoms with E-state index in [0.717, 1.165) is 11.3 Å². The van der Waals surface area contributed by atoms with Crippen LogP contribution in [0.15, 0.2) is 35.0 Å². The molecule has 0 saturated carbocycles. The molecule has 1 aromatic carbocycles. The van der Waals surface area contributed by atoms with Crippen LogP contribution in [-0.2, 0) is 4.79 Å². The summed E-state index contributed by atoms with van der Waals surface area (Å²) in [6.45, 7) is 9.42. The molecule has 0 saturated heterocycles. The van der Waals surface area contributed by atoms with Gasteiger partial charge in [-0.3, -0.25) is 4.79 Å². The van der Waals surface area contributed by atoms with Gasteiger partial charge in [0.2, 0.25) is 0 Å². The third kappa shape index (κ3) is 3.66. The number of nitrogens with zero attached hydrogens (tertiary/aromatic N) is 1. The first-order valence-corrected chi connectivity index (χ1v) is 5.75. The normalized spacial score (nSPS) is 12.8. The number of ketones is 1. The second-order valence-electron chi connectivity index (χ2n) is 4.30. The molecule has 0 aliphatic rings. The van der Waals surface area contributed by atoms with Crippen LogP contribution >= 0.6 is 0 Å². The van der Waals surface area contributed by atoms with Gasteiger partial charge in [-0.1, -0.05) is 35.4 Å². The van der Waals surface area contributed by atoms with E-state index in [-0.39, 0.29) is 5.78 Å². The van der Waals surface area contributed by atoms with E-state index in [2.05, 4.69) is 37.0 Å². The van der Waals surface area contributed by atoms with Crippen molar-refractivity contribution in [1.29, 1.82) is 0 Å². The standard InChI is InChI=1S/C15H19NO/c1-6-15(13(5)17)16-12(4)14-8-10(2)7-11(3)9-14/h6-9H,1-5H3/b15-6+,16-12+. The van der Waals surface area contributed by atoms with Crippen molar-refractivity contribution < 1.29 is 4.79 Å². The van der Waals surface area contributed by atoms with Crippen molar-refractivity contribution in [2.75, 3.05) is 0 Å². The smallest absolute Gasteiger partial charge is 0.177 e. The molecule has 1 rings (SSSR count). The average Bonchev–Trinajstić information content (AvgIpc) is 2.23. The maximum atomic E-state index is 11.3. The van der Waals surface area contributed by atoms with E-state index in [0.29, 0.717) is 5.70 Å². The fraction of sp³-hybridized carbons (Fsp3) is 0.333. The molecule has 0 bridgehead atoms. The molecule has 0 N–H and O–H groups in total. The molecule has 0 aliphatic carbocycles. The third-order valence-electron chi connectivity index (χ3n) is 2.56. The van der Waals surface area contributed by atoms with Crippen LogP contribution in [0.1, 0.15) is 37.5 Å². The molecule has 0 unspecified atom stereocenters. The molecule has 0 spiro atoms. The van der Waals surface area contributed by atoms with Crippen LogP contribution in [0.3, 0.4) is 0 Å². The van der Waals surface area contributed by atoms with Crippen LogP contribution in [-0.4, -0.2) is 11.5 Å². The Kier molecular flexibility index (Phi) is 4.38. The van der Waals surface area contributed by atoms with Crippen LogP contribution in [0.5, 0.6) is 0 Å². The van der Waals surface area contributed by atoms with Gasteiger partial charge in [0.05, 0.1) is 0 Å². The number of rotatable bonds is 3. The topological polar surface area (TPSA) is 29.4 Å². The van der Waals surface area contributed by atoms with E-state index in [1.807, 2.05) is 13.8 Å². The second-order valence-corrected chi connectivity index (χ2v) is 4.30. The van der Waals surface area contributed by atoms with Gasteiger partial charge < -0.3 is 0 Å². The second kappa shape index (κ2) is 5.58. The lowest BCUT2D eigenvalue weighted by molar-refractivity contribution is -0.113. The summed E-state index contributed by atoms with van der Waals surface area (Å²) in [7, 11) is 0. The number of carbonyl (C=O) groups is 1. The highest BCUT2D eigenvalue weighted by atomic mass is 16.1. The fourth-order valence-corrected chi connectivity index (χ4v) is 1.78. The molecular formula is C15H19NO. The van der Waals surface area contributed by atoms with Gasteiger partial charge >= 0.3 is 0 Å². The number of benzene rings is 1. The minimum absolute atomic E-state index is 0.00350. The van der Waals surface area contributed by atoms with Gasteiger partial charge in [0.25, 0.3) is 0 Å². The summed E-state index contributed by atoms with van der Waals surface area (Å²) in [6, 6.07) is 6.29. The number of allylic oxidation sites excluding steroid dienone is 2. The summed E-state index contributed by atoms with van der Waals surface area (Å²) in [4.78, 5) is 15.7. The highest BCUT2D eigenvalue weighted by molar-refractivity contribution is 6.03. The number of Topliss-reactive ketones (excluding diaryl/α,β-unsaturated/α-hetero) is 1. The molecule has 2 heteroatoms. The Morgan fingerprint density at radius 1 is 1.12 bits per heavy atom. The van der Waals surface area contributed by atoms with Crippen LogP contribution in [0.2, 0.25) is 0 Å². The Bertz CT molecular complexity index is 475. The fourth-order valence-electron chi connectivity index (χ4n) is 1.78. The van der Waals surface area contributed by atoms with Crippen molar-refractivity contribution in [2.24, 2.45) is 4.99 Å². The Morgan fingerprint density at radius 3 is 2.06 bits per heavy atom. The van der Waals surface area contributed by atoms with E-state index < -0.39 is 0 Å². The zero-order valence-electron chi connectivity index (χ0n) is 11.2. The number of aliphatic imine (C=N–C) groups is 1. The van der Waals surface area contributed by atoms with Crippen molar-refractivity contribution in [3.05, 3.63) is 46.7 Å². The van der Waals surface area contributed by atoms with Gasteiger partial charge in [0, 0.05) is 12.6 Å². The van der Waals surface area contributed by atoms with Crippen LogP contribution in [0.4, 0.5) is 0 Å². The highest BCUT2D eigenvalue weighted by Crippen LogP contribution is 2.11. The van der Waals surface area contributed by atoms with Crippen LogP contribution < -0.4 is 0 Å². The first-order chi connectivity index (χ1) is 7.93. The Balaban J connectivity index is 3.15. The third-order valence-corrected chi connectivity index (χ3v) is 2.56. The molecule has 0 aromatic heterocycles. The molecule has 17 heavy (non-hydrogen) atoms. The summed E-state index contributed by atoms with van der Waals surface area (Å²) in [5.74, 6) is -0.00350. The molecule has 0 radical (unpaired) electrons. The lowest BCUT2D eigenvalue weighted by atomic mass is 10.0. The summed E-state index contributed by atoms with van der Waals surface area (Å²) in [5, 5.41) is 0. The van der Waals surface area contributed by atoms with Crippen molar-refractivity contribution in [2.45, 2.75) is 34.6 Å². The van der Waals surface area contributed by atoms with E-state index in [1.54, 1.807) is 6.08 Å². The SMILES string of the molecule is C/C=C(/N=C(\C)c1cc(C)cc(C)c1)C(C)=O. The molecule has 90 valence electrons. The molecule has 0 fully saturated rings. The van der Waals surface area contributed by atoms with Gasteiger partial charge in [-0.15, -0.1) is 0 Å². The molecule has 0 amide bonds. The minimum atomic E-state index is -0.00350. The van der Waals surface area contributed by atoms with Gasteiger partial charge in [0.1, 0.15) is 5.70 Å². The average molecular weight is 229 g/mol. The van der Waals surface area contributed by atoms with Crippen molar-refractivity contribution in [1.82, 2.24) is 0 Å². The molecule has 0 heterocycles. The van der Waals surface area contributed by atoms with Crippen molar-refractivity contribution in [3.63, 3.8) is 0 Å². The maximum absolute atomic E-state index is 11.3. The van der Waals surface area contributed by atoms with Gasteiger partial charge in [-0.2, -0.15) is 0 Å². The molecule has 1 aromatic rings. The van der Waals surface area contributed by atoms with E-state index in [4.69, 9.17) is 0 Å². The minimum Gasteiger partial charge on any atom is -0.293 e. The Hall–Kier alpha value is -1.70. The van der Waals surface area contributed by atoms with E-state index in [1.165, 1.54) is 18.1 Å². The van der Waals surface area contributed by atoms with Crippen molar-refractivity contribution in [3.8, 4) is 0 Å². The molecule has 0 aliphatic heterocycles. The monoisotopic (exact) mass is 229 g/mol. The van der Waals surface area contributed by atoms with Gasteiger partial charge in [0.15, 0.2) is 5.78 Å². The zero-order valence-corrected chi connectivity index (χ0v) is 11.2. The first kappa shape index (κ1) is 13.4. The first-order valence-electron chi connectivity index (χ1n) is 5.75. The van der Waals surface area contributed by atoms with Gasteiger partial charge in [-0.05, 0) is 33.3 Å². The lowest BCUT2D eigenvalue weighted by Gasteiger charge is -2.05. The number of aryl methyl sites for hydroxylation is 2. The molecular weight excluding hydrogens is 210 g/mol. The summed E-state index contributed by atoms with van der Waals surface area (Å²) >= 11 is 0. The quantitative estimate of drug-likeness (QED) is 0.575. The predicted molar refractivity (Wildman–Crippen MR) is 72.6 cm³/mol. The predicted octanol–water partition coefficient (Wildman–Crippen LogP) is 3.61.